The molecule has 0 aliphatic heterocycles. The number of benzene rings is 1. The highest BCUT2D eigenvalue weighted by Crippen LogP contribution is 2.41. The molecule has 5 heteroatoms. The maximum absolute atomic E-state index is 12.7. The van der Waals surface area contributed by atoms with Crippen LogP contribution < -0.4 is 5.32 Å². The summed E-state index contributed by atoms with van der Waals surface area (Å²) < 4.78 is 0. The van der Waals surface area contributed by atoms with Crippen LogP contribution in [0.4, 0.5) is 0 Å². The summed E-state index contributed by atoms with van der Waals surface area (Å²) in [6.45, 7) is -0.268. The summed E-state index contributed by atoms with van der Waals surface area (Å²) in [5, 5.41) is 20.7. The molecule has 0 radical (unpaired) electrons. The molecule has 114 valence electrons. The maximum atomic E-state index is 12.7. The topological polar surface area (TPSA) is 86.6 Å². The number of carboxylic acid groups (broad SMARTS) is 1. The van der Waals surface area contributed by atoms with Crippen LogP contribution >= 0.6 is 0 Å². The summed E-state index contributed by atoms with van der Waals surface area (Å²) >= 11 is 0. The van der Waals surface area contributed by atoms with Crippen LogP contribution in [0.3, 0.4) is 0 Å². The molecule has 1 atom stereocenters. The molecule has 1 aromatic rings. The van der Waals surface area contributed by atoms with Gasteiger partial charge in [-0.25, -0.2) is 4.79 Å². The lowest BCUT2D eigenvalue weighted by Crippen LogP contribution is -2.50. The lowest BCUT2D eigenvalue weighted by Gasteiger charge is -2.29. The van der Waals surface area contributed by atoms with Gasteiger partial charge in [-0.1, -0.05) is 43.2 Å². The molecule has 1 fully saturated rings. The summed E-state index contributed by atoms with van der Waals surface area (Å²) in [4.78, 5) is 23.9. The van der Waals surface area contributed by atoms with E-state index in [4.69, 9.17) is 10.2 Å². The fourth-order valence-corrected chi connectivity index (χ4v) is 3.07. The van der Waals surface area contributed by atoms with E-state index in [-0.39, 0.29) is 18.9 Å². The molecule has 0 aromatic heterocycles. The van der Waals surface area contributed by atoms with Gasteiger partial charge in [-0.15, -0.1) is 0 Å². The van der Waals surface area contributed by atoms with Gasteiger partial charge in [-0.2, -0.15) is 0 Å². The van der Waals surface area contributed by atoms with Gasteiger partial charge in [0.1, 0.15) is 6.04 Å². The molecule has 0 bridgehead atoms. The summed E-state index contributed by atoms with van der Waals surface area (Å²) in [7, 11) is 0. The second-order valence-electron chi connectivity index (χ2n) is 5.53. The van der Waals surface area contributed by atoms with E-state index < -0.39 is 17.4 Å². The Morgan fingerprint density at radius 1 is 1.19 bits per heavy atom. The Hall–Kier alpha value is -1.88. The van der Waals surface area contributed by atoms with Crippen molar-refractivity contribution in [1.82, 2.24) is 5.32 Å². The number of hydrogen-bond acceptors (Lipinski definition) is 3. The van der Waals surface area contributed by atoms with Crippen molar-refractivity contribution in [3.05, 3.63) is 35.9 Å². The summed E-state index contributed by atoms with van der Waals surface area (Å²) in [6, 6.07) is 8.49. The SMILES string of the molecule is O=C(O)C(CCO)NC(=O)C1(c2ccccc2)CCCC1. The Kier molecular flexibility index (Phi) is 4.96. The van der Waals surface area contributed by atoms with Gasteiger partial charge < -0.3 is 15.5 Å². The second kappa shape index (κ2) is 6.72. The molecule has 1 aliphatic carbocycles. The van der Waals surface area contributed by atoms with Gasteiger partial charge in [-0.3, -0.25) is 4.79 Å². The van der Waals surface area contributed by atoms with E-state index in [0.717, 1.165) is 31.2 Å². The van der Waals surface area contributed by atoms with E-state index in [1.54, 1.807) is 0 Å². The molecular weight excluding hydrogens is 270 g/mol. The van der Waals surface area contributed by atoms with Crippen LogP contribution in [0.15, 0.2) is 30.3 Å². The normalized spacial score (nSPS) is 18.1. The lowest BCUT2D eigenvalue weighted by molar-refractivity contribution is -0.143. The highest BCUT2D eigenvalue weighted by molar-refractivity contribution is 5.91. The van der Waals surface area contributed by atoms with Crippen molar-refractivity contribution in [1.29, 1.82) is 0 Å². The second-order valence-corrected chi connectivity index (χ2v) is 5.53. The van der Waals surface area contributed by atoms with E-state index in [1.807, 2.05) is 30.3 Å². The Morgan fingerprint density at radius 3 is 2.33 bits per heavy atom. The van der Waals surface area contributed by atoms with E-state index >= 15 is 0 Å². The van der Waals surface area contributed by atoms with Crippen LogP contribution in [0.5, 0.6) is 0 Å². The summed E-state index contributed by atoms with van der Waals surface area (Å²) in [6.07, 6.45) is 3.40. The smallest absolute Gasteiger partial charge is 0.326 e. The zero-order chi connectivity index (χ0) is 15.3. The molecule has 1 unspecified atom stereocenters. The standard InChI is InChI=1S/C16H21NO4/c18-11-8-13(14(19)20)17-15(21)16(9-4-5-10-16)12-6-2-1-3-7-12/h1-3,6-7,13,18H,4-5,8-11H2,(H,17,21)(H,19,20). The van der Waals surface area contributed by atoms with E-state index in [2.05, 4.69) is 5.32 Å². The number of carbonyl (C=O) groups is 2. The Labute approximate surface area is 124 Å². The fraction of sp³-hybridized carbons (Fsp3) is 0.500. The third-order valence-corrected chi connectivity index (χ3v) is 4.24. The van der Waals surface area contributed by atoms with Crippen molar-refractivity contribution in [3.63, 3.8) is 0 Å². The largest absolute Gasteiger partial charge is 0.480 e. The monoisotopic (exact) mass is 291 g/mol. The van der Waals surface area contributed by atoms with Crippen LogP contribution in [0, 0.1) is 0 Å². The van der Waals surface area contributed by atoms with Gasteiger partial charge in [0.25, 0.3) is 0 Å². The quantitative estimate of drug-likeness (QED) is 0.740. The van der Waals surface area contributed by atoms with Gasteiger partial charge in [-0.05, 0) is 18.4 Å². The molecule has 0 heterocycles. The molecule has 3 N–H and O–H groups in total. The van der Waals surface area contributed by atoms with Gasteiger partial charge in [0.2, 0.25) is 5.91 Å². The predicted octanol–water partition coefficient (Wildman–Crippen LogP) is 1.45. The van der Waals surface area contributed by atoms with Gasteiger partial charge in [0, 0.05) is 13.0 Å². The highest BCUT2D eigenvalue weighted by Gasteiger charge is 2.43. The number of aliphatic hydroxyl groups excluding tert-OH is 1. The molecule has 1 saturated carbocycles. The average molecular weight is 291 g/mol. The van der Waals surface area contributed by atoms with Crippen LogP contribution in [0.25, 0.3) is 0 Å². The van der Waals surface area contributed by atoms with Crippen LogP contribution in [0.2, 0.25) is 0 Å². The minimum absolute atomic E-state index is 0.0198. The molecular formula is C16H21NO4. The Balaban J connectivity index is 2.22. The molecule has 1 aromatic carbocycles. The third-order valence-electron chi connectivity index (χ3n) is 4.24. The van der Waals surface area contributed by atoms with Gasteiger partial charge in [0.05, 0.1) is 5.41 Å². The number of aliphatic hydroxyl groups is 1. The van der Waals surface area contributed by atoms with Gasteiger partial charge in [0.15, 0.2) is 0 Å². The van der Waals surface area contributed by atoms with Crippen LogP contribution in [0.1, 0.15) is 37.7 Å². The number of aliphatic carboxylic acids is 1. The first-order valence-electron chi connectivity index (χ1n) is 7.30. The van der Waals surface area contributed by atoms with Crippen molar-refractivity contribution in [2.75, 3.05) is 6.61 Å². The number of carbonyl (C=O) groups excluding carboxylic acids is 1. The number of carboxylic acids is 1. The third kappa shape index (κ3) is 3.24. The minimum atomic E-state index is -1.11. The lowest BCUT2D eigenvalue weighted by atomic mass is 9.78. The van der Waals surface area contributed by atoms with E-state index in [1.165, 1.54) is 0 Å². The number of nitrogens with one attached hydrogen (secondary N) is 1. The zero-order valence-corrected chi connectivity index (χ0v) is 11.9. The molecule has 0 saturated heterocycles. The minimum Gasteiger partial charge on any atom is -0.480 e. The van der Waals surface area contributed by atoms with E-state index in [0.29, 0.717) is 0 Å². The zero-order valence-electron chi connectivity index (χ0n) is 11.9. The first kappa shape index (κ1) is 15.5. The first-order valence-corrected chi connectivity index (χ1v) is 7.30. The van der Waals surface area contributed by atoms with Gasteiger partial charge >= 0.3 is 5.97 Å². The number of amides is 1. The van der Waals surface area contributed by atoms with Crippen molar-refractivity contribution in [2.45, 2.75) is 43.6 Å². The average Bonchev–Trinajstić information content (AvgIpc) is 2.98. The number of hydrogen-bond donors (Lipinski definition) is 3. The highest BCUT2D eigenvalue weighted by atomic mass is 16.4. The fourth-order valence-electron chi connectivity index (χ4n) is 3.07. The maximum Gasteiger partial charge on any atom is 0.326 e. The van der Waals surface area contributed by atoms with E-state index in [9.17, 15) is 9.59 Å². The number of rotatable bonds is 6. The summed E-state index contributed by atoms with van der Waals surface area (Å²) in [5.74, 6) is -1.36. The Morgan fingerprint density at radius 2 is 1.81 bits per heavy atom. The molecule has 5 nitrogen and oxygen atoms in total. The Bertz CT molecular complexity index is 494. The van der Waals surface area contributed by atoms with Crippen molar-refractivity contribution in [3.8, 4) is 0 Å². The first-order chi connectivity index (χ1) is 10.1. The predicted molar refractivity (Wildman–Crippen MR) is 77.9 cm³/mol. The summed E-state index contributed by atoms with van der Waals surface area (Å²) in [5.41, 5.74) is 0.304. The van der Waals surface area contributed by atoms with Crippen molar-refractivity contribution < 1.29 is 19.8 Å². The molecule has 21 heavy (non-hydrogen) atoms. The molecule has 0 spiro atoms. The van der Waals surface area contributed by atoms with Crippen LogP contribution in [-0.4, -0.2) is 34.7 Å². The van der Waals surface area contributed by atoms with Crippen molar-refractivity contribution >= 4 is 11.9 Å². The molecule has 1 aliphatic rings. The van der Waals surface area contributed by atoms with Crippen LogP contribution in [-0.2, 0) is 15.0 Å². The molecule has 1 amide bonds. The van der Waals surface area contributed by atoms with Crippen molar-refractivity contribution in [2.24, 2.45) is 0 Å². The molecule has 2 rings (SSSR count).